The van der Waals surface area contributed by atoms with E-state index in [9.17, 15) is 9.50 Å². The first-order valence-electron chi connectivity index (χ1n) is 6.15. The largest absolute Gasteiger partial charge is 0.497 e. The molecule has 6 heteroatoms. The van der Waals surface area contributed by atoms with Crippen molar-refractivity contribution in [2.45, 2.75) is 6.04 Å². The van der Waals surface area contributed by atoms with Crippen molar-refractivity contribution in [3.63, 3.8) is 0 Å². The maximum atomic E-state index is 13.9. The highest BCUT2D eigenvalue weighted by atomic mass is 35.5. The molecule has 0 saturated carbocycles. The third kappa shape index (κ3) is 3.79. The molecule has 4 nitrogen and oxygen atoms in total. The first-order chi connectivity index (χ1) is 8.76. The van der Waals surface area contributed by atoms with Gasteiger partial charge in [-0.05, 0) is 18.2 Å². The summed E-state index contributed by atoms with van der Waals surface area (Å²) in [5.74, 6) is 0.313. The van der Waals surface area contributed by atoms with Gasteiger partial charge in [0.05, 0.1) is 19.8 Å². The van der Waals surface area contributed by atoms with Crippen LogP contribution in [0, 0.1) is 5.82 Å². The summed E-state index contributed by atoms with van der Waals surface area (Å²) in [6.45, 7) is 3.25. The number of benzene rings is 1. The Balaban J connectivity index is 0.00000180. The zero-order valence-electron chi connectivity index (χ0n) is 10.9. The Morgan fingerprint density at radius 1 is 1.42 bits per heavy atom. The minimum atomic E-state index is -0.304. The van der Waals surface area contributed by atoms with E-state index in [0.29, 0.717) is 11.3 Å². The first kappa shape index (κ1) is 16.2. The summed E-state index contributed by atoms with van der Waals surface area (Å²) < 4.78 is 19.0. The van der Waals surface area contributed by atoms with Gasteiger partial charge in [0.2, 0.25) is 0 Å². The molecule has 0 aliphatic carbocycles. The molecule has 1 aromatic carbocycles. The number of hydrogen-bond donors (Lipinski definition) is 2. The molecule has 1 heterocycles. The molecule has 1 fully saturated rings. The zero-order valence-corrected chi connectivity index (χ0v) is 11.8. The lowest BCUT2D eigenvalue weighted by molar-refractivity contribution is 0.108. The number of aliphatic hydroxyl groups is 1. The minimum Gasteiger partial charge on any atom is -0.497 e. The van der Waals surface area contributed by atoms with E-state index in [1.54, 1.807) is 19.2 Å². The van der Waals surface area contributed by atoms with Gasteiger partial charge in [0.25, 0.3) is 0 Å². The van der Waals surface area contributed by atoms with Crippen LogP contribution in [0.25, 0.3) is 0 Å². The number of methoxy groups -OCH3 is 1. The third-order valence-corrected chi connectivity index (χ3v) is 3.33. The number of aliphatic hydroxyl groups excluding tert-OH is 1. The van der Waals surface area contributed by atoms with Gasteiger partial charge in [-0.3, -0.25) is 4.90 Å². The van der Waals surface area contributed by atoms with E-state index in [1.807, 2.05) is 0 Å². The smallest absolute Gasteiger partial charge is 0.128 e. The lowest BCUT2D eigenvalue weighted by Crippen LogP contribution is -2.46. The molecule has 0 spiro atoms. The number of piperazine rings is 1. The van der Waals surface area contributed by atoms with E-state index >= 15 is 0 Å². The average Bonchev–Trinajstić information content (AvgIpc) is 2.43. The molecular weight excluding hydrogens is 271 g/mol. The molecular formula is C13H20ClFN2O2. The predicted octanol–water partition coefficient (Wildman–Crippen LogP) is 1.19. The van der Waals surface area contributed by atoms with Crippen LogP contribution >= 0.6 is 12.4 Å². The first-order valence-corrected chi connectivity index (χ1v) is 6.15. The van der Waals surface area contributed by atoms with Crippen molar-refractivity contribution in [1.82, 2.24) is 10.2 Å². The van der Waals surface area contributed by atoms with Crippen LogP contribution in [0.4, 0.5) is 4.39 Å². The number of hydrogen-bond acceptors (Lipinski definition) is 4. The topological polar surface area (TPSA) is 44.7 Å². The molecule has 19 heavy (non-hydrogen) atoms. The Hall–Kier alpha value is -0.880. The Labute approximate surface area is 119 Å². The molecule has 1 aliphatic heterocycles. The molecule has 108 valence electrons. The SMILES string of the molecule is COc1ccc(F)c([C@@H](CO)N2CCNCC2)c1.Cl. The zero-order chi connectivity index (χ0) is 13.0. The van der Waals surface area contributed by atoms with E-state index in [2.05, 4.69) is 10.2 Å². The molecule has 0 unspecified atom stereocenters. The molecule has 0 aromatic heterocycles. The average molecular weight is 291 g/mol. The van der Waals surface area contributed by atoms with Gasteiger partial charge in [-0.15, -0.1) is 12.4 Å². The van der Waals surface area contributed by atoms with Crippen molar-refractivity contribution >= 4 is 12.4 Å². The fourth-order valence-corrected chi connectivity index (χ4v) is 2.31. The van der Waals surface area contributed by atoms with Crippen molar-refractivity contribution in [2.24, 2.45) is 0 Å². The Morgan fingerprint density at radius 3 is 2.68 bits per heavy atom. The summed E-state index contributed by atoms with van der Waals surface area (Å²) in [6.07, 6.45) is 0. The summed E-state index contributed by atoms with van der Waals surface area (Å²) in [5, 5.41) is 12.8. The van der Waals surface area contributed by atoms with Gasteiger partial charge in [-0.25, -0.2) is 4.39 Å². The molecule has 1 atom stereocenters. The van der Waals surface area contributed by atoms with Gasteiger partial charge in [-0.1, -0.05) is 0 Å². The molecule has 0 bridgehead atoms. The predicted molar refractivity (Wildman–Crippen MR) is 74.5 cm³/mol. The van der Waals surface area contributed by atoms with Crippen LogP contribution in [0.2, 0.25) is 0 Å². The highest BCUT2D eigenvalue weighted by molar-refractivity contribution is 5.85. The Kier molecular flexibility index (Phi) is 6.51. The standard InChI is InChI=1S/C13H19FN2O2.ClH/c1-18-10-2-3-12(14)11(8-10)13(9-17)16-6-4-15-5-7-16;/h2-3,8,13,15,17H,4-7,9H2,1H3;1H/t13-;/m1./s1. The molecule has 0 amide bonds. The lowest BCUT2D eigenvalue weighted by atomic mass is 10.0. The minimum absolute atomic E-state index is 0. The van der Waals surface area contributed by atoms with Crippen molar-refractivity contribution in [1.29, 1.82) is 0 Å². The van der Waals surface area contributed by atoms with E-state index in [1.165, 1.54) is 6.07 Å². The van der Waals surface area contributed by atoms with Gasteiger partial charge >= 0.3 is 0 Å². The summed E-state index contributed by atoms with van der Waals surface area (Å²) in [6, 6.07) is 4.34. The maximum absolute atomic E-state index is 13.9. The highest BCUT2D eigenvalue weighted by Crippen LogP contribution is 2.27. The monoisotopic (exact) mass is 290 g/mol. The Bertz CT molecular complexity index is 400. The van der Waals surface area contributed by atoms with E-state index in [-0.39, 0.29) is 30.9 Å². The van der Waals surface area contributed by atoms with Crippen LogP contribution in [-0.2, 0) is 0 Å². The van der Waals surface area contributed by atoms with E-state index in [4.69, 9.17) is 4.74 Å². The van der Waals surface area contributed by atoms with Crippen LogP contribution < -0.4 is 10.1 Å². The van der Waals surface area contributed by atoms with E-state index in [0.717, 1.165) is 26.2 Å². The number of nitrogens with one attached hydrogen (secondary N) is 1. The van der Waals surface area contributed by atoms with Crippen LogP contribution in [0.15, 0.2) is 18.2 Å². The van der Waals surface area contributed by atoms with Crippen LogP contribution in [0.1, 0.15) is 11.6 Å². The number of halogens is 2. The quantitative estimate of drug-likeness (QED) is 0.874. The second-order valence-corrected chi connectivity index (χ2v) is 4.37. The van der Waals surface area contributed by atoms with Crippen LogP contribution in [-0.4, -0.2) is 49.9 Å². The third-order valence-electron chi connectivity index (χ3n) is 3.33. The molecule has 2 rings (SSSR count). The Morgan fingerprint density at radius 2 is 2.11 bits per heavy atom. The maximum Gasteiger partial charge on any atom is 0.128 e. The van der Waals surface area contributed by atoms with Gasteiger partial charge in [0, 0.05) is 31.7 Å². The summed E-state index contributed by atoms with van der Waals surface area (Å²) in [7, 11) is 1.55. The van der Waals surface area contributed by atoms with Gasteiger partial charge in [-0.2, -0.15) is 0 Å². The van der Waals surface area contributed by atoms with E-state index < -0.39 is 0 Å². The molecule has 2 N–H and O–H groups in total. The number of rotatable bonds is 4. The van der Waals surface area contributed by atoms with Gasteiger partial charge < -0.3 is 15.2 Å². The summed E-state index contributed by atoms with van der Waals surface area (Å²) >= 11 is 0. The van der Waals surface area contributed by atoms with Gasteiger partial charge in [0.15, 0.2) is 0 Å². The normalized spacial score (nSPS) is 17.6. The summed E-state index contributed by atoms with van der Waals surface area (Å²) in [4.78, 5) is 2.09. The van der Waals surface area contributed by atoms with Crippen molar-refractivity contribution < 1.29 is 14.2 Å². The molecule has 1 aliphatic rings. The molecule has 0 radical (unpaired) electrons. The molecule has 1 saturated heterocycles. The van der Waals surface area contributed by atoms with Crippen molar-refractivity contribution in [3.8, 4) is 5.75 Å². The van der Waals surface area contributed by atoms with Crippen LogP contribution in [0.5, 0.6) is 5.75 Å². The fraction of sp³-hybridized carbons (Fsp3) is 0.538. The lowest BCUT2D eigenvalue weighted by Gasteiger charge is -2.34. The van der Waals surface area contributed by atoms with Crippen molar-refractivity contribution in [3.05, 3.63) is 29.6 Å². The highest BCUT2D eigenvalue weighted by Gasteiger charge is 2.24. The second-order valence-electron chi connectivity index (χ2n) is 4.37. The second kappa shape index (κ2) is 7.65. The van der Waals surface area contributed by atoms with Crippen molar-refractivity contribution in [2.75, 3.05) is 39.9 Å². The van der Waals surface area contributed by atoms with Gasteiger partial charge in [0.1, 0.15) is 11.6 Å². The van der Waals surface area contributed by atoms with Crippen LogP contribution in [0.3, 0.4) is 0 Å². The number of ether oxygens (including phenoxy) is 1. The summed E-state index contributed by atoms with van der Waals surface area (Å²) in [5.41, 5.74) is 0.499. The number of nitrogens with zero attached hydrogens (tertiary/aromatic N) is 1. The fourth-order valence-electron chi connectivity index (χ4n) is 2.31. The molecule has 1 aromatic rings.